The average Bonchev–Trinajstić information content (AvgIpc) is 3.23. The third kappa shape index (κ3) is 4.39. The van der Waals surface area contributed by atoms with Crippen molar-refractivity contribution in [2.75, 3.05) is 71.6 Å². The van der Waals surface area contributed by atoms with Gasteiger partial charge in [0.2, 0.25) is 5.76 Å². The molecule has 10 heteroatoms. The Labute approximate surface area is 179 Å². The molecule has 0 saturated carbocycles. The summed E-state index contributed by atoms with van der Waals surface area (Å²) in [6.07, 6.45) is 1.38. The third-order valence-corrected chi connectivity index (χ3v) is 6.20. The van der Waals surface area contributed by atoms with Crippen LogP contribution in [0.4, 0.5) is 5.13 Å². The molecule has 0 radical (unpaired) electrons. The van der Waals surface area contributed by atoms with E-state index in [1.54, 1.807) is 25.6 Å². The average molecular weight is 435 g/mol. The highest BCUT2D eigenvalue weighted by Crippen LogP contribution is 2.39. The number of piperazine rings is 1. The summed E-state index contributed by atoms with van der Waals surface area (Å²) in [5.74, 6) is 1.38. The molecular formula is C20H26N4O5S. The van der Waals surface area contributed by atoms with E-state index in [2.05, 4.69) is 15.1 Å². The van der Waals surface area contributed by atoms with Crippen molar-refractivity contribution in [2.45, 2.75) is 0 Å². The van der Waals surface area contributed by atoms with Gasteiger partial charge in [-0.3, -0.25) is 9.69 Å². The summed E-state index contributed by atoms with van der Waals surface area (Å²) in [6.45, 7) is 5.84. The number of benzene rings is 1. The van der Waals surface area contributed by atoms with Gasteiger partial charge in [0.1, 0.15) is 25.0 Å². The first kappa shape index (κ1) is 20.5. The van der Waals surface area contributed by atoms with Crippen molar-refractivity contribution in [3.8, 4) is 11.5 Å². The zero-order chi connectivity index (χ0) is 20.9. The maximum atomic E-state index is 12.0. The van der Waals surface area contributed by atoms with Crippen LogP contribution in [0.2, 0.25) is 0 Å². The first-order valence-corrected chi connectivity index (χ1v) is 10.7. The summed E-state index contributed by atoms with van der Waals surface area (Å²) in [5.41, 5.74) is 0.838. The van der Waals surface area contributed by atoms with Crippen molar-refractivity contribution in [3.05, 3.63) is 24.2 Å². The van der Waals surface area contributed by atoms with Crippen molar-refractivity contribution >= 4 is 32.6 Å². The largest absolute Gasteiger partial charge is 0.494 e. The van der Waals surface area contributed by atoms with E-state index in [9.17, 15) is 4.79 Å². The normalized spacial score (nSPS) is 17.1. The number of thiazole rings is 1. The molecule has 2 aromatic rings. The molecule has 0 atom stereocenters. The van der Waals surface area contributed by atoms with E-state index in [0.717, 1.165) is 48.1 Å². The van der Waals surface area contributed by atoms with Crippen LogP contribution in [0.25, 0.3) is 10.2 Å². The highest BCUT2D eigenvalue weighted by Gasteiger charge is 2.22. The number of anilines is 1. The summed E-state index contributed by atoms with van der Waals surface area (Å²) in [7, 11) is 3.27. The molecule has 1 saturated heterocycles. The topological polar surface area (TPSA) is 85.4 Å². The summed E-state index contributed by atoms with van der Waals surface area (Å²) >= 11 is 1.66. The zero-order valence-electron chi connectivity index (χ0n) is 17.2. The summed E-state index contributed by atoms with van der Waals surface area (Å²) in [5, 5.41) is 3.87. The van der Waals surface area contributed by atoms with Gasteiger partial charge in [0.25, 0.3) is 5.91 Å². The van der Waals surface area contributed by atoms with E-state index in [1.165, 1.54) is 6.26 Å². The number of aromatic nitrogens is 1. The van der Waals surface area contributed by atoms with Gasteiger partial charge in [0, 0.05) is 39.3 Å². The van der Waals surface area contributed by atoms with Crippen LogP contribution >= 0.6 is 11.3 Å². The monoisotopic (exact) mass is 434 g/mol. The molecule has 9 nitrogen and oxygen atoms in total. The lowest BCUT2D eigenvalue weighted by Crippen LogP contribution is -2.48. The lowest BCUT2D eigenvalue weighted by atomic mass is 10.3. The summed E-state index contributed by atoms with van der Waals surface area (Å²) in [4.78, 5) is 21.5. The Morgan fingerprint density at radius 1 is 1.20 bits per heavy atom. The Morgan fingerprint density at radius 3 is 2.73 bits per heavy atom. The number of carbonyl (C=O) groups excluding carboxylic acids is 1. The second kappa shape index (κ2) is 9.40. The van der Waals surface area contributed by atoms with Crippen LogP contribution in [-0.2, 0) is 14.3 Å². The second-order valence-corrected chi connectivity index (χ2v) is 7.94. The SMILES string of the molecule is COc1ccc2sc(N3CCN(CCNC(=O)C4=COCCO4)CC3)nc2c1OC. The highest BCUT2D eigenvalue weighted by atomic mass is 32.1. The molecule has 0 aliphatic carbocycles. The van der Waals surface area contributed by atoms with Crippen LogP contribution in [0.3, 0.4) is 0 Å². The molecule has 4 rings (SSSR count). The van der Waals surface area contributed by atoms with E-state index in [1.807, 2.05) is 12.1 Å². The number of carbonyl (C=O) groups is 1. The van der Waals surface area contributed by atoms with Gasteiger partial charge in [-0.05, 0) is 12.1 Å². The molecule has 1 fully saturated rings. The van der Waals surface area contributed by atoms with Gasteiger partial charge in [-0.2, -0.15) is 0 Å². The molecule has 2 aliphatic rings. The fourth-order valence-corrected chi connectivity index (χ4v) is 4.51. The lowest BCUT2D eigenvalue weighted by molar-refractivity contribution is -0.122. The molecule has 1 amide bonds. The van der Waals surface area contributed by atoms with Crippen LogP contribution in [0.15, 0.2) is 24.2 Å². The predicted molar refractivity (Wildman–Crippen MR) is 114 cm³/mol. The van der Waals surface area contributed by atoms with Crippen molar-refractivity contribution < 1.29 is 23.7 Å². The van der Waals surface area contributed by atoms with Crippen LogP contribution < -0.4 is 19.7 Å². The summed E-state index contributed by atoms with van der Waals surface area (Å²) < 4.78 is 22.4. The van der Waals surface area contributed by atoms with E-state index < -0.39 is 0 Å². The first-order valence-electron chi connectivity index (χ1n) is 9.91. The fourth-order valence-electron chi connectivity index (χ4n) is 3.50. The Balaban J connectivity index is 1.29. The second-order valence-electron chi connectivity index (χ2n) is 6.93. The molecule has 0 unspecified atom stereocenters. The molecular weight excluding hydrogens is 408 g/mol. The molecule has 0 spiro atoms. The number of hydrogen-bond acceptors (Lipinski definition) is 9. The minimum Gasteiger partial charge on any atom is -0.494 e. The van der Waals surface area contributed by atoms with Crippen LogP contribution in [0.5, 0.6) is 11.5 Å². The number of nitrogens with one attached hydrogen (secondary N) is 1. The number of rotatable bonds is 7. The van der Waals surface area contributed by atoms with Crippen LogP contribution in [0, 0.1) is 0 Å². The third-order valence-electron chi connectivity index (χ3n) is 5.12. The Bertz CT molecular complexity index is 923. The van der Waals surface area contributed by atoms with Crippen molar-refractivity contribution in [3.63, 3.8) is 0 Å². The molecule has 3 heterocycles. The number of nitrogens with zero attached hydrogens (tertiary/aromatic N) is 3. The van der Waals surface area contributed by atoms with E-state index >= 15 is 0 Å². The lowest BCUT2D eigenvalue weighted by Gasteiger charge is -2.34. The van der Waals surface area contributed by atoms with Gasteiger partial charge in [0.15, 0.2) is 16.6 Å². The van der Waals surface area contributed by atoms with Gasteiger partial charge >= 0.3 is 0 Å². The number of hydrogen-bond donors (Lipinski definition) is 1. The van der Waals surface area contributed by atoms with Gasteiger partial charge in [-0.1, -0.05) is 11.3 Å². The smallest absolute Gasteiger partial charge is 0.289 e. The van der Waals surface area contributed by atoms with Gasteiger partial charge in [0.05, 0.1) is 18.9 Å². The van der Waals surface area contributed by atoms with Crippen molar-refractivity contribution in [2.24, 2.45) is 0 Å². The molecule has 0 bridgehead atoms. The zero-order valence-corrected chi connectivity index (χ0v) is 18.0. The number of amides is 1. The van der Waals surface area contributed by atoms with E-state index in [-0.39, 0.29) is 11.7 Å². The van der Waals surface area contributed by atoms with E-state index in [0.29, 0.717) is 31.3 Å². The van der Waals surface area contributed by atoms with Crippen LogP contribution in [0.1, 0.15) is 0 Å². The predicted octanol–water partition coefficient (Wildman–Crippen LogP) is 1.44. The molecule has 162 valence electrons. The van der Waals surface area contributed by atoms with Gasteiger partial charge < -0.3 is 29.2 Å². The maximum Gasteiger partial charge on any atom is 0.289 e. The van der Waals surface area contributed by atoms with E-state index in [4.69, 9.17) is 23.9 Å². The van der Waals surface area contributed by atoms with Crippen LogP contribution in [-0.4, -0.2) is 82.5 Å². The minimum atomic E-state index is -0.229. The van der Waals surface area contributed by atoms with Crippen molar-refractivity contribution in [1.29, 1.82) is 0 Å². The Hall–Kier alpha value is -2.72. The van der Waals surface area contributed by atoms with Crippen molar-refractivity contribution in [1.82, 2.24) is 15.2 Å². The fraction of sp³-hybridized carbons (Fsp3) is 0.500. The summed E-state index contributed by atoms with van der Waals surface area (Å²) in [6, 6.07) is 3.93. The van der Waals surface area contributed by atoms with Gasteiger partial charge in [-0.25, -0.2) is 4.98 Å². The first-order chi connectivity index (χ1) is 14.7. The standard InChI is InChI=1S/C20H26N4O5S/c1-26-14-3-4-16-17(18(14)27-2)22-20(30-16)24-9-7-23(8-10-24)6-5-21-19(25)15-13-28-11-12-29-15/h3-4,13H,5-12H2,1-2H3,(H,21,25). The Morgan fingerprint density at radius 2 is 2.03 bits per heavy atom. The maximum absolute atomic E-state index is 12.0. The Kier molecular flexibility index (Phi) is 6.44. The number of fused-ring (bicyclic) bond motifs is 1. The molecule has 30 heavy (non-hydrogen) atoms. The van der Waals surface area contributed by atoms with Gasteiger partial charge in [-0.15, -0.1) is 0 Å². The minimum absolute atomic E-state index is 0.229. The quantitative estimate of drug-likeness (QED) is 0.701. The number of methoxy groups -OCH3 is 2. The number of ether oxygens (including phenoxy) is 4. The molecule has 1 aromatic heterocycles. The molecule has 1 aromatic carbocycles. The highest BCUT2D eigenvalue weighted by molar-refractivity contribution is 7.22. The molecule has 2 aliphatic heterocycles. The molecule has 1 N–H and O–H groups in total.